The second-order valence-corrected chi connectivity index (χ2v) is 7.47. The number of fused-ring (bicyclic) bond motifs is 3. The Hall–Kier alpha value is -2.09. The van der Waals surface area contributed by atoms with Crippen LogP contribution in [0.5, 0.6) is 0 Å². The number of sulfonamides is 1. The van der Waals surface area contributed by atoms with Gasteiger partial charge in [-0.2, -0.15) is 4.31 Å². The van der Waals surface area contributed by atoms with Crippen LogP contribution in [0, 0.1) is 0 Å². The molecule has 0 saturated carbocycles. The summed E-state index contributed by atoms with van der Waals surface area (Å²) in [5.41, 5.74) is 7.68. The van der Waals surface area contributed by atoms with E-state index in [1.54, 1.807) is 30.3 Å². The average Bonchev–Trinajstić information content (AvgIpc) is 2.92. The molecular formula is C16H16N2O4S. The molecule has 3 aromatic rings. The third-order valence-electron chi connectivity index (χ3n) is 4.07. The molecule has 1 aromatic heterocycles. The van der Waals surface area contributed by atoms with Crippen LogP contribution >= 0.6 is 0 Å². The molecule has 2 heterocycles. The topological polar surface area (TPSA) is 85.8 Å². The predicted molar refractivity (Wildman–Crippen MR) is 87.7 cm³/mol. The molecule has 6 nitrogen and oxygen atoms in total. The largest absolute Gasteiger partial charge is 0.456 e. The van der Waals surface area contributed by atoms with Crippen molar-refractivity contribution in [1.82, 2.24) is 4.31 Å². The van der Waals surface area contributed by atoms with Crippen molar-refractivity contribution in [2.75, 3.05) is 32.0 Å². The molecule has 2 N–H and O–H groups in total. The molecule has 7 heteroatoms. The van der Waals surface area contributed by atoms with E-state index in [1.165, 1.54) is 4.31 Å². The summed E-state index contributed by atoms with van der Waals surface area (Å²) < 4.78 is 37.9. The lowest BCUT2D eigenvalue weighted by Gasteiger charge is -2.26. The van der Waals surface area contributed by atoms with Gasteiger partial charge >= 0.3 is 0 Å². The van der Waals surface area contributed by atoms with E-state index in [-0.39, 0.29) is 4.90 Å². The average molecular weight is 332 g/mol. The maximum atomic E-state index is 12.8. The van der Waals surface area contributed by atoms with Crippen molar-refractivity contribution in [3.05, 3.63) is 36.4 Å². The summed E-state index contributed by atoms with van der Waals surface area (Å²) in [4.78, 5) is 0.270. The van der Waals surface area contributed by atoms with Gasteiger partial charge in [-0.15, -0.1) is 0 Å². The summed E-state index contributed by atoms with van der Waals surface area (Å²) >= 11 is 0. The predicted octanol–water partition coefficient (Wildman–Crippen LogP) is 2.19. The Morgan fingerprint density at radius 1 is 0.957 bits per heavy atom. The maximum Gasteiger partial charge on any atom is 0.243 e. The Morgan fingerprint density at radius 2 is 1.74 bits per heavy atom. The van der Waals surface area contributed by atoms with Crippen molar-refractivity contribution in [3.63, 3.8) is 0 Å². The maximum absolute atomic E-state index is 12.8. The van der Waals surface area contributed by atoms with E-state index in [2.05, 4.69) is 0 Å². The number of rotatable bonds is 2. The lowest BCUT2D eigenvalue weighted by atomic mass is 10.1. The van der Waals surface area contributed by atoms with Crippen LogP contribution in [-0.4, -0.2) is 39.0 Å². The molecule has 0 aliphatic carbocycles. The Labute approximate surface area is 133 Å². The third kappa shape index (κ3) is 2.37. The Kier molecular flexibility index (Phi) is 3.29. The minimum atomic E-state index is -3.52. The van der Waals surface area contributed by atoms with Gasteiger partial charge in [-0.05, 0) is 30.3 Å². The highest BCUT2D eigenvalue weighted by Gasteiger charge is 2.26. The first-order valence-electron chi connectivity index (χ1n) is 7.35. The van der Waals surface area contributed by atoms with Crippen molar-refractivity contribution in [2.24, 2.45) is 0 Å². The molecule has 0 spiro atoms. The number of nitrogens with zero attached hydrogens (tertiary/aromatic N) is 1. The number of nitrogen functional groups attached to an aromatic ring is 1. The first-order valence-corrected chi connectivity index (χ1v) is 8.79. The molecule has 2 aromatic carbocycles. The van der Waals surface area contributed by atoms with Crippen molar-refractivity contribution in [1.29, 1.82) is 0 Å². The molecule has 1 fully saturated rings. The van der Waals surface area contributed by atoms with Crippen molar-refractivity contribution in [2.45, 2.75) is 4.90 Å². The van der Waals surface area contributed by atoms with Gasteiger partial charge in [0.1, 0.15) is 11.2 Å². The number of hydrogen-bond donors (Lipinski definition) is 1. The summed E-state index contributed by atoms with van der Waals surface area (Å²) in [6.45, 7) is 1.61. The minimum Gasteiger partial charge on any atom is -0.456 e. The first kappa shape index (κ1) is 14.5. The van der Waals surface area contributed by atoms with E-state index < -0.39 is 10.0 Å². The molecule has 0 radical (unpaired) electrons. The fraction of sp³-hybridized carbons (Fsp3) is 0.250. The van der Waals surface area contributed by atoms with Gasteiger partial charge in [0.05, 0.1) is 18.1 Å². The zero-order chi connectivity index (χ0) is 16.0. The quantitative estimate of drug-likeness (QED) is 0.727. The number of nitrogens with two attached hydrogens (primary N) is 1. The molecule has 0 atom stereocenters. The zero-order valence-corrected chi connectivity index (χ0v) is 13.2. The zero-order valence-electron chi connectivity index (χ0n) is 12.4. The molecule has 120 valence electrons. The number of benzene rings is 2. The summed E-state index contributed by atoms with van der Waals surface area (Å²) in [7, 11) is -3.52. The van der Waals surface area contributed by atoms with Gasteiger partial charge in [0.25, 0.3) is 0 Å². The molecular weight excluding hydrogens is 316 g/mol. The van der Waals surface area contributed by atoms with Gasteiger partial charge in [0, 0.05) is 35.6 Å². The number of furan rings is 1. The standard InChI is InChI=1S/C16H16N2O4S/c17-11-1-3-13-14-10-12(2-4-15(14)22-16(13)9-11)23(19,20)18-5-7-21-8-6-18/h1-4,9-10H,5-8,17H2. The number of hydrogen-bond acceptors (Lipinski definition) is 5. The van der Waals surface area contributed by atoms with Crippen LogP contribution in [0.15, 0.2) is 45.7 Å². The van der Waals surface area contributed by atoms with E-state index >= 15 is 0 Å². The Morgan fingerprint density at radius 3 is 2.52 bits per heavy atom. The van der Waals surface area contributed by atoms with Gasteiger partial charge in [-0.25, -0.2) is 8.42 Å². The highest BCUT2D eigenvalue weighted by Crippen LogP contribution is 2.32. The molecule has 23 heavy (non-hydrogen) atoms. The highest BCUT2D eigenvalue weighted by molar-refractivity contribution is 7.89. The normalized spacial score (nSPS) is 17.0. The fourth-order valence-electron chi connectivity index (χ4n) is 2.87. The van der Waals surface area contributed by atoms with Crippen molar-refractivity contribution < 1.29 is 17.6 Å². The van der Waals surface area contributed by atoms with Crippen LogP contribution in [0.2, 0.25) is 0 Å². The fourth-order valence-corrected chi connectivity index (χ4v) is 4.30. The van der Waals surface area contributed by atoms with Crippen LogP contribution in [0.3, 0.4) is 0 Å². The summed E-state index contributed by atoms with van der Waals surface area (Å²) in [6, 6.07) is 10.3. The number of ether oxygens (including phenoxy) is 1. The summed E-state index contributed by atoms with van der Waals surface area (Å²) in [5, 5.41) is 1.63. The molecule has 0 amide bonds. The lowest BCUT2D eigenvalue weighted by Crippen LogP contribution is -2.40. The molecule has 0 unspecified atom stereocenters. The van der Waals surface area contributed by atoms with Crippen molar-refractivity contribution >= 4 is 37.6 Å². The monoisotopic (exact) mass is 332 g/mol. The van der Waals surface area contributed by atoms with E-state index in [0.717, 1.165) is 10.8 Å². The Bertz CT molecular complexity index is 988. The van der Waals surface area contributed by atoms with Gasteiger partial charge in [0.2, 0.25) is 10.0 Å². The van der Waals surface area contributed by atoms with Gasteiger partial charge in [0.15, 0.2) is 0 Å². The number of morpholine rings is 1. The van der Waals surface area contributed by atoms with E-state index in [4.69, 9.17) is 14.9 Å². The molecule has 1 aliphatic heterocycles. The van der Waals surface area contributed by atoms with Crippen LogP contribution in [-0.2, 0) is 14.8 Å². The Balaban J connectivity index is 1.86. The third-order valence-corrected chi connectivity index (χ3v) is 5.97. The van der Waals surface area contributed by atoms with Gasteiger partial charge in [-0.1, -0.05) is 0 Å². The smallest absolute Gasteiger partial charge is 0.243 e. The van der Waals surface area contributed by atoms with Crippen molar-refractivity contribution in [3.8, 4) is 0 Å². The molecule has 1 aliphatic rings. The van der Waals surface area contributed by atoms with Gasteiger partial charge in [-0.3, -0.25) is 0 Å². The highest BCUT2D eigenvalue weighted by atomic mass is 32.2. The molecule has 4 rings (SSSR count). The SMILES string of the molecule is Nc1ccc2c(c1)oc1ccc(S(=O)(=O)N3CCOCC3)cc12. The van der Waals surface area contributed by atoms with Crippen LogP contribution in [0.25, 0.3) is 21.9 Å². The van der Waals surface area contributed by atoms with Crippen LogP contribution in [0.4, 0.5) is 5.69 Å². The molecule has 0 bridgehead atoms. The van der Waals surface area contributed by atoms with E-state index in [1.807, 2.05) is 6.07 Å². The lowest BCUT2D eigenvalue weighted by molar-refractivity contribution is 0.0730. The first-order chi connectivity index (χ1) is 11.1. The van der Waals surface area contributed by atoms with E-state index in [9.17, 15) is 8.42 Å². The summed E-state index contributed by atoms with van der Waals surface area (Å²) in [5.74, 6) is 0. The minimum absolute atomic E-state index is 0.270. The second kappa shape index (κ2) is 5.23. The van der Waals surface area contributed by atoms with Crippen LogP contribution in [0.1, 0.15) is 0 Å². The van der Waals surface area contributed by atoms with Gasteiger partial charge < -0.3 is 14.9 Å². The van der Waals surface area contributed by atoms with Crippen LogP contribution < -0.4 is 5.73 Å². The summed E-state index contributed by atoms with van der Waals surface area (Å²) in [6.07, 6.45) is 0. The van der Waals surface area contributed by atoms with E-state index in [0.29, 0.717) is 43.2 Å². The molecule has 1 saturated heterocycles. The number of anilines is 1. The second-order valence-electron chi connectivity index (χ2n) is 5.53.